The summed E-state index contributed by atoms with van der Waals surface area (Å²) in [5.74, 6) is 0. The minimum Gasteiger partial charge on any atom is -0.376 e. The molecule has 0 aliphatic heterocycles. The zero-order valence-electron chi connectivity index (χ0n) is 14.2. The maximum atomic E-state index is 4.39. The fourth-order valence-corrected chi connectivity index (χ4v) is 3.12. The number of rotatable bonds is 6. The van der Waals surface area contributed by atoms with E-state index in [0.717, 1.165) is 22.3 Å². The Morgan fingerprint density at radius 2 is 1.77 bits per heavy atom. The Morgan fingerprint density at radius 3 is 2.54 bits per heavy atom. The van der Waals surface area contributed by atoms with E-state index < -0.39 is 0 Å². The van der Waals surface area contributed by atoms with Crippen LogP contribution in [0.15, 0.2) is 91.8 Å². The second kappa shape index (κ2) is 7.19. The normalized spacial score (nSPS) is 13.2. The van der Waals surface area contributed by atoms with Crippen LogP contribution in [0.4, 0.5) is 5.69 Å². The molecule has 2 atom stereocenters. The molecule has 0 saturated carbocycles. The zero-order chi connectivity index (χ0) is 17.8. The third kappa shape index (κ3) is 3.07. The SMILES string of the molecule is C=CC(C(Nc1ccccc1)c1cccnc1)n1nnc2ccccc21. The van der Waals surface area contributed by atoms with Gasteiger partial charge in [0.25, 0.3) is 0 Å². The highest BCUT2D eigenvalue weighted by Gasteiger charge is 2.25. The number of anilines is 1. The minimum absolute atomic E-state index is 0.0892. The lowest BCUT2D eigenvalue weighted by molar-refractivity contribution is 0.477. The number of hydrogen-bond donors (Lipinski definition) is 1. The molecule has 0 spiro atoms. The molecule has 0 radical (unpaired) electrons. The van der Waals surface area contributed by atoms with Crippen molar-refractivity contribution in [3.63, 3.8) is 0 Å². The molecule has 2 aromatic carbocycles. The van der Waals surface area contributed by atoms with Gasteiger partial charge in [-0.05, 0) is 35.9 Å². The molecule has 128 valence electrons. The maximum Gasteiger partial charge on any atom is 0.113 e. The van der Waals surface area contributed by atoms with E-state index in [1.165, 1.54) is 0 Å². The monoisotopic (exact) mass is 341 g/mol. The number of para-hydroxylation sites is 2. The van der Waals surface area contributed by atoms with Gasteiger partial charge in [-0.25, -0.2) is 4.68 Å². The van der Waals surface area contributed by atoms with Crippen LogP contribution in [0.25, 0.3) is 11.0 Å². The lowest BCUT2D eigenvalue weighted by atomic mass is 10.00. The molecule has 0 fully saturated rings. The van der Waals surface area contributed by atoms with E-state index in [1.807, 2.05) is 77.6 Å². The second-order valence-electron chi connectivity index (χ2n) is 6.02. The van der Waals surface area contributed by atoms with Crippen LogP contribution in [-0.4, -0.2) is 20.0 Å². The Bertz CT molecular complexity index is 995. The molecule has 0 saturated heterocycles. The van der Waals surface area contributed by atoms with Gasteiger partial charge in [0.2, 0.25) is 0 Å². The Hall–Kier alpha value is -3.47. The number of fused-ring (bicyclic) bond motifs is 1. The van der Waals surface area contributed by atoms with E-state index in [2.05, 4.69) is 33.3 Å². The van der Waals surface area contributed by atoms with Crippen molar-refractivity contribution in [2.24, 2.45) is 0 Å². The molecule has 26 heavy (non-hydrogen) atoms. The average molecular weight is 341 g/mol. The van der Waals surface area contributed by atoms with Crippen LogP contribution in [0.5, 0.6) is 0 Å². The first kappa shape index (κ1) is 16.0. The molecular formula is C21H19N5. The maximum absolute atomic E-state index is 4.39. The average Bonchev–Trinajstić information content (AvgIpc) is 3.13. The lowest BCUT2D eigenvalue weighted by Gasteiger charge is -2.27. The molecule has 0 bridgehead atoms. The number of nitrogens with one attached hydrogen (secondary N) is 1. The molecule has 4 aromatic rings. The van der Waals surface area contributed by atoms with Gasteiger partial charge in [0.1, 0.15) is 5.52 Å². The Labute approximate surface area is 152 Å². The van der Waals surface area contributed by atoms with Crippen LogP contribution in [0.1, 0.15) is 17.6 Å². The van der Waals surface area contributed by atoms with Crippen molar-refractivity contribution < 1.29 is 0 Å². The highest BCUT2D eigenvalue weighted by molar-refractivity contribution is 5.74. The lowest BCUT2D eigenvalue weighted by Crippen LogP contribution is -2.24. The highest BCUT2D eigenvalue weighted by atomic mass is 15.4. The molecule has 0 amide bonds. The number of nitrogens with zero attached hydrogens (tertiary/aromatic N) is 4. The Balaban J connectivity index is 1.79. The molecule has 4 rings (SSSR count). The van der Waals surface area contributed by atoms with Crippen molar-refractivity contribution in [2.75, 3.05) is 5.32 Å². The van der Waals surface area contributed by atoms with Crippen LogP contribution in [0, 0.1) is 0 Å². The van der Waals surface area contributed by atoms with Gasteiger partial charge in [-0.3, -0.25) is 4.98 Å². The first-order valence-electron chi connectivity index (χ1n) is 8.51. The Kier molecular flexibility index (Phi) is 4.43. The van der Waals surface area contributed by atoms with Gasteiger partial charge in [-0.15, -0.1) is 11.7 Å². The summed E-state index contributed by atoms with van der Waals surface area (Å²) in [7, 11) is 0. The summed E-state index contributed by atoms with van der Waals surface area (Å²) in [6, 6.07) is 21.8. The summed E-state index contributed by atoms with van der Waals surface area (Å²) >= 11 is 0. The topological polar surface area (TPSA) is 55.6 Å². The molecule has 0 aliphatic rings. The highest BCUT2D eigenvalue weighted by Crippen LogP contribution is 2.32. The van der Waals surface area contributed by atoms with Gasteiger partial charge < -0.3 is 5.32 Å². The van der Waals surface area contributed by atoms with Crippen molar-refractivity contribution in [3.8, 4) is 0 Å². The van der Waals surface area contributed by atoms with Gasteiger partial charge in [-0.2, -0.15) is 0 Å². The molecular weight excluding hydrogens is 322 g/mol. The van der Waals surface area contributed by atoms with E-state index in [4.69, 9.17) is 0 Å². The number of hydrogen-bond acceptors (Lipinski definition) is 4. The molecule has 1 N–H and O–H groups in total. The molecule has 2 unspecified atom stereocenters. The van der Waals surface area contributed by atoms with Crippen molar-refractivity contribution >= 4 is 16.7 Å². The van der Waals surface area contributed by atoms with Crippen LogP contribution in [-0.2, 0) is 0 Å². The summed E-state index contributed by atoms with van der Waals surface area (Å²) in [6.45, 7) is 4.06. The molecule has 5 heteroatoms. The quantitative estimate of drug-likeness (QED) is 0.528. The fraction of sp³-hybridized carbons (Fsp3) is 0.0952. The van der Waals surface area contributed by atoms with E-state index in [9.17, 15) is 0 Å². The first-order valence-corrected chi connectivity index (χ1v) is 8.51. The Morgan fingerprint density at radius 1 is 0.962 bits per heavy atom. The van der Waals surface area contributed by atoms with Gasteiger partial charge in [0.05, 0.1) is 17.6 Å². The largest absolute Gasteiger partial charge is 0.376 e. The van der Waals surface area contributed by atoms with Crippen LogP contribution < -0.4 is 5.32 Å². The van der Waals surface area contributed by atoms with Gasteiger partial charge in [0, 0.05) is 18.1 Å². The third-order valence-electron chi connectivity index (χ3n) is 4.38. The standard InChI is InChI=1S/C21H19N5/c1-2-19(26-20-13-7-6-12-18(20)24-25-26)21(16-9-8-14-22-15-16)23-17-10-4-3-5-11-17/h2-15,19,21,23H,1H2. The van der Waals surface area contributed by atoms with Crippen molar-refractivity contribution in [1.29, 1.82) is 0 Å². The number of pyridine rings is 1. The van der Waals surface area contributed by atoms with Crippen LogP contribution >= 0.6 is 0 Å². The number of aromatic nitrogens is 4. The molecule has 2 heterocycles. The summed E-state index contributed by atoms with van der Waals surface area (Å²) < 4.78 is 1.91. The summed E-state index contributed by atoms with van der Waals surface area (Å²) in [4.78, 5) is 4.29. The second-order valence-corrected chi connectivity index (χ2v) is 6.02. The van der Waals surface area contributed by atoms with Crippen molar-refractivity contribution in [3.05, 3.63) is 97.3 Å². The van der Waals surface area contributed by atoms with Crippen molar-refractivity contribution in [2.45, 2.75) is 12.1 Å². The van der Waals surface area contributed by atoms with Gasteiger partial charge in [0.15, 0.2) is 0 Å². The van der Waals surface area contributed by atoms with E-state index in [1.54, 1.807) is 6.20 Å². The fourth-order valence-electron chi connectivity index (χ4n) is 3.12. The molecule has 0 aliphatic carbocycles. The minimum atomic E-state index is -0.133. The summed E-state index contributed by atoms with van der Waals surface area (Å²) in [5, 5.41) is 12.3. The number of benzene rings is 2. The van der Waals surface area contributed by atoms with Gasteiger partial charge >= 0.3 is 0 Å². The van der Waals surface area contributed by atoms with E-state index >= 15 is 0 Å². The first-order chi connectivity index (χ1) is 12.9. The summed E-state index contributed by atoms with van der Waals surface area (Å²) in [5.41, 5.74) is 3.92. The van der Waals surface area contributed by atoms with Crippen LogP contribution in [0.3, 0.4) is 0 Å². The van der Waals surface area contributed by atoms with Crippen molar-refractivity contribution in [1.82, 2.24) is 20.0 Å². The third-order valence-corrected chi connectivity index (χ3v) is 4.38. The smallest absolute Gasteiger partial charge is 0.113 e. The van der Waals surface area contributed by atoms with E-state index in [-0.39, 0.29) is 12.1 Å². The zero-order valence-corrected chi connectivity index (χ0v) is 14.2. The van der Waals surface area contributed by atoms with Crippen LogP contribution in [0.2, 0.25) is 0 Å². The van der Waals surface area contributed by atoms with Gasteiger partial charge in [-0.1, -0.05) is 47.7 Å². The summed E-state index contributed by atoms with van der Waals surface area (Å²) in [6.07, 6.45) is 5.54. The predicted molar refractivity (Wildman–Crippen MR) is 104 cm³/mol. The predicted octanol–water partition coefficient (Wildman–Crippen LogP) is 4.41. The molecule has 2 aromatic heterocycles. The molecule has 5 nitrogen and oxygen atoms in total. The van der Waals surface area contributed by atoms with E-state index in [0.29, 0.717) is 0 Å².